The Balaban J connectivity index is 2.12. The highest BCUT2D eigenvalue weighted by Crippen LogP contribution is 2.23. The van der Waals surface area contributed by atoms with Crippen LogP contribution >= 0.6 is 11.6 Å². The third-order valence-corrected chi connectivity index (χ3v) is 5.51. The minimum atomic E-state index is -3.22. The van der Waals surface area contributed by atoms with E-state index in [1.54, 1.807) is 0 Å². The first-order chi connectivity index (χ1) is 10.5. The van der Waals surface area contributed by atoms with Gasteiger partial charge in [-0.15, -0.1) is 0 Å². The molecule has 1 aromatic carbocycles. The molecule has 0 unspecified atom stereocenters. The van der Waals surface area contributed by atoms with E-state index in [0.29, 0.717) is 31.2 Å². The Bertz CT molecular complexity index is 557. The molecular formula is C15H23ClN2O3S. The average Bonchev–Trinajstić information content (AvgIpc) is 2.50. The minimum absolute atomic E-state index is 0.00667. The predicted octanol–water partition coefficient (Wildman–Crippen LogP) is 2.04. The van der Waals surface area contributed by atoms with Crippen molar-refractivity contribution < 1.29 is 13.2 Å². The minimum Gasteiger partial charge on any atom is -0.379 e. The third-order valence-electron chi connectivity index (χ3n) is 3.71. The van der Waals surface area contributed by atoms with Crippen molar-refractivity contribution in [1.82, 2.24) is 9.62 Å². The molecule has 0 aliphatic carbocycles. The van der Waals surface area contributed by atoms with Crippen LogP contribution in [0.2, 0.25) is 5.02 Å². The van der Waals surface area contributed by atoms with E-state index in [4.69, 9.17) is 16.3 Å². The average molecular weight is 347 g/mol. The van der Waals surface area contributed by atoms with Gasteiger partial charge in [-0.2, -0.15) is 0 Å². The summed E-state index contributed by atoms with van der Waals surface area (Å²) in [5.74, 6) is 0.156. The number of benzene rings is 1. The molecule has 7 heteroatoms. The first kappa shape index (κ1) is 17.7. The van der Waals surface area contributed by atoms with Gasteiger partial charge in [-0.1, -0.05) is 30.7 Å². The standard InChI is InChI=1S/C15H23ClN2O3S/c1-2-11-22(19,20)17-12-15(18-7-9-21-10-8-18)13-3-5-14(16)6-4-13/h3-6,15,17H,2,7-12H2,1H3/t15-/m1/s1. The van der Waals surface area contributed by atoms with Crippen LogP contribution in [0.3, 0.4) is 0 Å². The summed E-state index contributed by atoms with van der Waals surface area (Å²) in [5, 5.41) is 0.677. The molecule has 0 radical (unpaired) electrons. The first-order valence-corrected chi connectivity index (χ1v) is 9.59. The lowest BCUT2D eigenvalue weighted by Crippen LogP contribution is -2.44. The van der Waals surface area contributed by atoms with E-state index in [1.165, 1.54) is 0 Å². The quantitative estimate of drug-likeness (QED) is 0.820. The van der Waals surface area contributed by atoms with Crippen LogP contribution in [-0.4, -0.2) is 51.9 Å². The maximum atomic E-state index is 11.9. The molecule has 1 fully saturated rings. The molecule has 1 N–H and O–H groups in total. The van der Waals surface area contributed by atoms with Crippen molar-refractivity contribution in [2.75, 3.05) is 38.6 Å². The third kappa shape index (κ3) is 5.21. The molecule has 0 saturated carbocycles. The summed E-state index contributed by atoms with van der Waals surface area (Å²) in [6.07, 6.45) is 0.610. The summed E-state index contributed by atoms with van der Waals surface area (Å²) in [6, 6.07) is 7.58. The summed E-state index contributed by atoms with van der Waals surface area (Å²) in [5.41, 5.74) is 1.06. The van der Waals surface area contributed by atoms with Gasteiger partial charge in [0.05, 0.1) is 19.0 Å². The number of sulfonamides is 1. The van der Waals surface area contributed by atoms with E-state index >= 15 is 0 Å². The zero-order chi connectivity index (χ0) is 16.0. The van der Waals surface area contributed by atoms with Crippen LogP contribution in [-0.2, 0) is 14.8 Å². The number of nitrogens with zero attached hydrogens (tertiary/aromatic N) is 1. The second-order valence-corrected chi connectivity index (χ2v) is 7.75. The van der Waals surface area contributed by atoms with Crippen molar-refractivity contribution in [3.8, 4) is 0 Å². The highest BCUT2D eigenvalue weighted by molar-refractivity contribution is 7.89. The monoisotopic (exact) mass is 346 g/mol. The molecule has 1 atom stereocenters. The normalized spacial score (nSPS) is 18.3. The second kappa shape index (κ2) is 8.26. The van der Waals surface area contributed by atoms with Crippen LogP contribution in [0.5, 0.6) is 0 Å². The summed E-state index contributed by atoms with van der Waals surface area (Å²) in [6.45, 7) is 5.16. The van der Waals surface area contributed by atoms with Gasteiger partial charge in [0.25, 0.3) is 0 Å². The molecule has 124 valence electrons. The van der Waals surface area contributed by atoms with E-state index in [-0.39, 0.29) is 11.8 Å². The Kier molecular flexibility index (Phi) is 6.65. The van der Waals surface area contributed by atoms with Gasteiger partial charge < -0.3 is 4.74 Å². The Morgan fingerprint density at radius 1 is 1.27 bits per heavy atom. The van der Waals surface area contributed by atoms with Crippen molar-refractivity contribution in [1.29, 1.82) is 0 Å². The Morgan fingerprint density at radius 2 is 1.91 bits per heavy atom. The molecule has 0 amide bonds. The van der Waals surface area contributed by atoms with Crippen LogP contribution in [0, 0.1) is 0 Å². The number of rotatable bonds is 7. The number of ether oxygens (including phenoxy) is 1. The number of hydrogen-bond donors (Lipinski definition) is 1. The maximum absolute atomic E-state index is 11.9. The fourth-order valence-corrected chi connectivity index (χ4v) is 3.80. The summed E-state index contributed by atoms with van der Waals surface area (Å²) in [7, 11) is -3.22. The highest BCUT2D eigenvalue weighted by atomic mass is 35.5. The SMILES string of the molecule is CCCS(=O)(=O)NC[C@H](c1ccc(Cl)cc1)N1CCOCC1. The first-order valence-electron chi connectivity index (χ1n) is 7.56. The molecule has 0 spiro atoms. The van der Waals surface area contributed by atoms with E-state index < -0.39 is 10.0 Å². The van der Waals surface area contributed by atoms with Crippen molar-refractivity contribution >= 4 is 21.6 Å². The summed E-state index contributed by atoms with van der Waals surface area (Å²) in [4.78, 5) is 2.25. The van der Waals surface area contributed by atoms with Crippen LogP contribution in [0.1, 0.15) is 24.9 Å². The van der Waals surface area contributed by atoms with Crippen molar-refractivity contribution in [2.24, 2.45) is 0 Å². The van der Waals surface area contributed by atoms with Crippen LogP contribution < -0.4 is 4.72 Å². The van der Waals surface area contributed by atoms with E-state index in [2.05, 4.69) is 9.62 Å². The van der Waals surface area contributed by atoms with Crippen LogP contribution in [0.25, 0.3) is 0 Å². The lowest BCUT2D eigenvalue weighted by Gasteiger charge is -2.35. The number of nitrogens with one attached hydrogen (secondary N) is 1. The topological polar surface area (TPSA) is 58.6 Å². The Morgan fingerprint density at radius 3 is 2.50 bits per heavy atom. The number of morpholine rings is 1. The van der Waals surface area contributed by atoms with Gasteiger partial charge in [0.1, 0.15) is 0 Å². The zero-order valence-electron chi connectivity index (χ0n) is 12.8. The molecule has 22 heavy (non-hydrogen) atoms. The van der Waals surface area contributed by atoms with E-state index in [9.17, 15) is 8.42 Å². The Hall–Kier alpha value is -0.660. The molecule has 0 bridgehead atoms. The van der Waals surface area contributed by atoms with Gasteiger partial charge in [-0.25, -0.2) is 13.1 Å². The van der Waals surface area contributed by atoms with Gasteiger partial charge in [-0.05, 0) is 24.1 Å². The van der Waals surface area contributed by atoms with Crippen molar-refractivity contribution in [3.05, 3.63) is 34.9 Å². The van der Waals surface area contributed by atoms with E-state index in [0.717, 1.165) is 18.7 Å². The van der Waals surface area contributed by atoms with Gasteiger partial charge in [0, 0.05) is 30.7 Å². The summed E-state index contributed by atoms with van der Waals surface area (Å²) >= 11 is 5.95. The van der Waals surface area contributed by atoms with E-state index in [1.807, 2.05) is 31.2 Å². The molecule has 1 saturated heterocycles. The fourth-order valence-electron chi connectivity index (χ4n) is 2.58. The molecular weight excluding hydrogens is 324 g/mol. The molecule has 1 heterocycles. The second-order valence-electron chi connectivity index (χ2n) is 5.38. The van der Waals surface area contributed by atoms with Crippen LogP contribution in [0.15, 0.2) is 24.3 Å². The number of hydrogen-bond acceptors (Lipinski definition) is 4. The molecule has 0 aromatic heterocycles. The van der Waals surface area contributed by atoms with Gasteiger partial charge in [0.2, 0.25) is 10.0 Å². The lowest BCUT2D eigenvalue weighted by molar-refractivity contribution is 0.0172. The van der Waals surface area contributed by atoms with Crippen molar-refractivity contribution in [3.63, 3.8) is 0 Å². The molecule has 1 aromatic rings. The van der Waals surface area contributed by atoms with Gasteiger partial charge in [-0.3, -0.25) is 4.90 Å². The largest absolute Gasteiger partial charge is 0.379 e. The smallest absolute Gasteiger partial charge is 0.211 e. The molecule has 2 rings (SSSR count). The molecule has 1 aliphatic rings. The predicted molar refractivity (Wildman–Crippen MR) is 88.7 cm³/mol. The molecule has 5 nitrogen and oxygen atoms in total. The fraction of sp³-hybridized carbons (Fsp3) is 0.600. The zero-order valence-corrected chi connectivity index (χ0v) is 14.4. The maximum Gasteiger partial charge on any atom is 0.211 e. The van der Waals surface area contributed by atoms with Crippen molar-refractivity contribution in [2.45, 2.75) is 19.4 Å². The highest BCUT2D eigenvalue weighted by Gasteiger charge is 2.24. The molecule has 1 aliphatic heterocycles. The number of halogens is 1. The summed E-state index contributed by atoms with van der Waals surface area (Å²) < 4.78 is 32.0. The Labute approximate surface area is 137 Å². The van der Waals surface area contributed by atoms with Crippen LogP contribution in [0.4, 0.5) is 0 Å². The lowest BCUT2D eigenvalue weighted by atomic mass is 10.1. The van der Waals surface area contributed by atoms with Gasteiger partial charge in [0.15, 0.2) is 0 Å². The van der Waals surface area contributed by atoms with Gasteiger partial charge >= 0.3 is 0 Å².